The van der Waals surface area contributed by atoms with Crippen LogP contribution in [-0.2, 0) is 0 Å². The molecule has 5 heteroatoms. The Bertz CT molecular complexity index is 382. The highest BCUT2D eigenvalue weighted by Gasteiger charge is 2.21. The molecule has 1 saturated heterocycles. The number of benzene rings is 1. The summed E-state index contributed by atoms with van der Waals surface area (Å²) in [5.74, 6) is 3.42. The summed E-state index contributed by atoms with van der Waals surface area (Å²) >= 11 is 1.87. The van der Waals surface area contributed by atoms with Gasteiger partial charge in [-0.05, 0) is 17.7 Å². The number of hydrogen-bond donors (Lipinski definition) is 2. The zero-order valence-electron chi connectivity index (χ0n) is 9.76. The highest BCUT2D eigenvalue weighted by molar-refractivity contribution is 8.00. The van der Waals surface area contributed by atoms with E-state index in [1.807, 2.05) is 23.9 Å². The van der Waals surface area contributed by atoms with Crippen LogP contribution in [0.5, 0.6) is 11.5 Å². The van der Waals surface area contributed by atoms with Crippen LogP contribution in [0.25, 0.3) is 0 Å². The van der Waals surface area contributed by atoms with Gasteiger partial charge in [-0.15, -0.1) is 0 Å². The summed E-state index contributed by atoms with van der Waals surface area (Å²) in [6.45, 7) is 0.197. The van der Waals surface area contributed by atoms with Gasteiger partial charge in [0.1, 0.15) is 6.10 Å². The number of nitrogens with two attached hydrogens (primary N) is 1. The van der Waals surface area contributed by atoms with E-state index in [9.17, 15) is 5.11 Å². The number of aliphatic hydroxyl groups excluding tert-OH is 1. The molecule has 3 N–H and O–H groups in total. The number of aliphatic hydroxyl groups is 1. The van der Waals surface area contributed by atoms with Crippen molar-refractivity contribution in [2.75, 3.05) is 25.2 Å². The minimum absolute atomic E-state index is 0.197. The second-order valence-corrected chi connectivity index (χ2v) is 5.01. The molecule has 17 heavy (non-hydrogen) atoms. The Morgan fingerprint density at radius 2 is 2.24 bits per heavy atom. The first-order valence-corrected chi connectivity index (χ1v) is 6.70. The van der Waals surface area contributed by atoms with Crippen molar-refractivity contribution in [3.8, 4) is 11.5 Å². The van der Waals surface area contributed by atoms with Crippen LogP contribution < -0.4 is 15.2 Å². The van der Waals surface area contributed by atoms with Crippen LogP contribution in [0.3, 0.4) is 0 Å². The number of ether oxygens (including phenoxy) is 2. The molecule has 0 aliphatic carbocycles. The van der Waals surface area contributed by atoms with Gasteiger partial charge in [0.2, 0.25) is 0 Å². The number of hydrogen-bond acceptors (Lipinski definition) is 5. The van der Waals surface area contributed by atoms with Gasteiger partial charge in [0.05, 0.1) is 13.2 Å². The van der Waals surface area contributed by atoms with E-state index in [1.54, 1.807) is 13.2 Å². The summed E-state index contributed by atoms with van der Waals surface area (Å²) in [4.78, 5) is 0. The first-order valence-electron chi connectivity index (χ1n) is 5.55. The van der Waals surface area contributed by atoms with Gasteiger partial charge in [0, 0.05) is 18.1 Å². The maximum absolute atomic E-state index is 9.65. The Kier molecular flexibility index (Phi) is 4.15. The predicted octanol–water partition coefficient (Wildman–Crippen LogP) is 1.18. The van der Waals surface area contributed by atoms with Crippen molar-refractivity contribution in [3.05, 3.63) is 23.8 Å². The van der Waals surface area contributed by atoms with Crippen LogP contribution in [-0.4, -0.2) is 36.4 Å². The fourth-order valence-corrected chi connectivity index (χ4v) is 2.15. The maximum atomic E-state index is 9.65. The van der Waals surface area contributed by atoms with Crippen molar-refractivity contribution in [2.24, 2.45) is 5.73 Å². The van der Waals surface area contributed by atoms with Crippen molar-refractivity contribution in [1.29, 1.82) is 0 Å². The molecule has 1 atom stereocenters. The Morgan fingerprint density at radius 1 is 1.47 bits per heavy atom. The molecular weight excluding hydrogens is 238 g/mol. The lowest BCUT2D eigenvalue weighted by molar-refractivity contribution is 0.185. The minimum atomic E-state index is -0.655. The summed E-state index contributed by atoms with van der Waals surface area (Å²) in [7, 11) is 1.59. The molecule has 0 amide bonds. The topological polar surface area (TPSA) is 64.7 Å². The molecule has 1 aromatic carbocycles. The van der Waals surface area contributed by atoms with Crippen molar-refractivity contribution in [2.45, 2.75) is 12.2 Å². The van der Waals surface area contributed by atoms with E-state index in [1.165, 1.54) is 0 Å². The molecule has 4 nitrogen and oxygen atoms in total. The molecule has 1 aromatic rings. The van der Waals surface area contributed by atoms with Gasteiger partial charge in [-0.2, -0.15) is 11.8 Å². The quantitative estimate of drug-likeness (QED) is 0.827. The van der Waals surface area contributed by atoms with Gasteiger partial charge >= 0.3 is 0 Å². The Morgan fingerprint density at radius 3 is 2.76 bits per heavy atom. The third-order valence-corrected chi connectivity index (χ3v) is 3.91. The van der Waals surface area contributed by atoms with Crippen molar-refractivity contribution < 1.29 is 14.6 Å². The Balaban J connectivity index is 2.15. The summed E-state index contributed by atoms with van der Waals surface area (Å²) in [5.41, 5.74) is 6.17. The molecule has 1 aliphatic rings. The monoisotopic (exact) mass is 255 g/mol. The summed E-state index contributed by atoms with van der Waals surface area (Å²) in [5, 5.41) is 9.65. The van der Waals surface area contributed by atoms with Crippen molar-refractivity contribution in [3.63, 3.8) is 0 Å². The third-order valence-electron chi connectivity index (χ3n) is 2.70. The molecule has 0 saturated carbocycles. The van der Waals surface area contributed by atoms with Crippen LogP contribution in [0, 0.1) is 0 Å². The van der Waals surface area contributed by atoms with Crippen LogP contribution in [0.4, 0.5) is 0 Å². The second kappa shape index (κ2) is 5.62. The standard InChI is InChI=1S/C12H17NO3S/c1-15-12-4-8(10(14)5-13)2-3-11(12)16-9-6-17-7-9/h2-4,9-10,14H,5-7,13H2,1H3. The molecule has 1 aliphatic heterocycles. The van der Waals surface area contributed by atoms with Crippen molar-refractivity contribution >= 4 is 11.8 Å². The molecular formula is C12H17NO3S. The summed E-state index contributed by atoms with van der Waals surface area (Å²) in [6, 6.07) is 5.43. The zero-order chi connectivity index (χ0) is 12.3. The highest BCUT2D eigenvalue weighted by atomic mass is 32.2. The average molecular weight is 255 g/mol. The van der Waals surface area contributed by atoms with Gasteiger partial charge in [-0.25, -0.2) is 0 Å². The molecule has 0 aromatic heterocycles. The minimum Gasteiger partial charge on any atom is -0.493 e. The normalized spacial score (nSPS) is 17.4. The summed E-state index contributed by atoms with van der Waals surface area (Å²) in [6.07, 6.45) is -0.378. The van der Waals surface area contributed by atoms with E-state index in [0.29, 0.717) is 5.75 Å². The largest absolute Gasteiger partial charge is 0.493 e. The van der Waals surface area contributed by atoms with Gasteiger partial charge in [0.25, 0.3) is 0 Å². The lowest BCUT2D eigenvalue weighted by atomic mass is 10.1. The smallest absolute Gasteiger partial charge is 0.161 e. The molecule has 1 unspecified atom stereocenters. The molecule has 94 valence electrons. The van der Waals surface area contributed by atoms with E-state index in [0.717, 1.165) is 22.8 Å². The van der Waals surface area contributed by atoms with E-state index in [2.05, 4.69) is 0 Å². The SMILES string of the molecule is COc1cc(C(O)CN)ccc1OC1CSC1. The number of thioether (sulfide) groups is 1. The average Bonchev–Trinajstić information content (AvgIpc) is 2.32. The fourth-order valence-electron chi connectivity index (χ4n) is 1.59. The maximum Gasteiger partial charge on any atom is 0.161 e. The zero-order valence-corrected chi connectivity index (χ0v) is 10.6. The molecule has 2 rings (SSSR count). The lowest BCUT2D eigenvalue weighted by Crippen LogP contribution is -2.31. The first kappa shape index (κ1) is 12.5. The van der Waals surface area contributed by atoms with E-state index < -0.39 is 6.10 Å². The van der Waals surface area contributed by atoms with Crippen molar-refractivity contribution in [1.82, 2.24) is 0 Å². The fraction of sp³-hybridized carbons (Fsp3) is 0.500. The van der Waals surface area contributed by atoms with E-state index >= 15 is 0 Å². The van der Waals surface area contributed by atoms with E-state index in [4.69, 9.17) is 15.2 Å². The predicted molar refractivity (Wildman–Crippen MR) is 68.7 cm³/mol. The second-order valence-electron chi connectivity index (χ2n) is 3.94. The Hall–Kier alpha value is -0.910. The van der Waals surface area contributed by atoms with Gasteiger partial charge < -0.3 is 20.3 Å². The molecule has 0 spiro atoms. The van der Waals surface area contributed by atoms with Crippen LogP contribution in [0.15, 0.2) is 18.2 Å². The van der Waals surface area contributed by atoms with Gasteiger partial charge in [0.15, 0.2) is 11.5 Å². The molecule has 1 heterocycles. The lowest BCUT2D eigenvalue weighted by Gasteiger charge is -2.26. The van der Waals surface area contributed by atoms with Crippen LogP contribution in [0.1, 0.15) is 11.7 Å². The van der Waals surface area contributed by atoms with Gasteiger partial charge in [-0.3, -0.25) is 0 Å². The number of methoxy groups -OCH3 is 1. The van der Waals surface area contributed by atoms with E-state index in [-0.39, 0.29) is 12.6 Å². The molecule has 0 radical (unpaired) electrons. The number of rotatable bonds is 5. The van der Waals surface area contributed by atoms with Crippen LogP contribution in [0.2, 0.25) is 0 Å². The van der Waals surface area contributed by atoms with Gasteiger partial charge in [-0.1, -0.05) is 6.07 Å². The molecule has 1 fully saturated rings. The summed E-state index contributed by atoms with van der Waals surface area (Å²) < 4.78 is 11.0. The Labute approximate surface area is 105 Å². The van der Waals surface area contributed by atoms with Crippen LogP contribution >= 0.6 is 11.8 Å². The third kappa shape index (κ3) is 2.86. The molecule has 0 bridgehead atoms. The highest BCUT2D eigenvalue weighted by Crippen LogP contribution is 2.33. The first-order chi connectivity index (χ1) is 8.24.